The average molecular weight is 596 g/mol. The summed E-state index contributed by atoms with van der Waals surface area (Å²) < 4.78 is 6.35. The molecule has 44 heavy (non-hydrogen) atoms. The van der Waals surface area contributed by atoms with Gasteiger partial charge in [-0.05, 0) is 73.2 Å². The van der Waals surface area contributed by atoms with E-state index in [4.69, 9.17) is 9.72 Å². The van der Waals surface area contributed by atoms with E-state index in [1.807, 2.05) is 17.0 Å². The van der Waals surface area contributed by atoms with Gasteiger partial charge in [0.15, 0.2) is 0 Å². The lowest BCUT2D eigenvalue weighted by Crippen LogP contribution is -2.52. The number of piperidine rings is 2. The normalized spacial score (nSPS) is 22.9. The summed E-state index contributed by atoms with van der Waals surface area (Å²) in [4.78, 5) is 59.4. The highest BCUT2D eigenvalue weighted by Gasteiger charge is 2.39. The Labute approximate surface area is 256 Å². The highest BCUT2D eigenvalue weighted by Crippen LogP contribution is 2.32. The first-order valence-corrected chi connectivity index (χ1v) is 15.6. The lowest BCUT2D eigenvalue weighted by Gasteiger charge is -2.31. The zero-order chi connectivity index (χ0) is 30.4. The molecule has 3 saturated heterocycles. The summed E-state index contributed by atoms with van der Waals surface area (Å²) in [5.41, 5.74) is 4.81. The van der Waals surface area contributed by atoms with Gasteiger partial charge in [0.1, 0.15) is 17.9 Å². The summed E-state index contributed by atoms with van der Waals surface area (Å²) in [5.74, 6) is 0.409. The van der Waals surface area contributed by atoms with Crippen LogP contribution in [-0.2, 0) is 27.5 Å². The van der Waals surface area contributed by atoms with Crippen LogP contribution in [-0.4, -0.2) is 81.6 Å². The molecule has 3 aromatic rings. The second-order valence-electron chi connectivity index (χ2n) is 12.5. The molecule has 228 valence electrons. The molecule has 2 aromatic carbocycles. The summed E-state index contributed by atoms with van der Waals surface area (Å²) in [5, 5.41) is 3.49. The van der Waals surface area contributed by atoms with Crippen molar-refractivity contribution in [2.75, 3.05) is 26.2 Å². The molecular formula is C34H37N5O5. The smallest absolute Gasteiger partial charge is 0.255 e. The number of ether oxygens (including phenoxy) is 1. The number of rotatable bonds is 6. The second kappa shape index (κ2) is 11.6. The van der Waals surface area contributed by atoms with Crippen molar-refractivity contribution in [1.29, 1.82) is 0 Å². The Morgan fingerprint density at radius 2 is 1.82 bits per heavy atom. The molecule has 2 unspecified atom stereocenters. The summed E-state index contributed by atoms with van der Waals surface area (Å²) in [6.07, 6.45) is 3.47. The Morgan fingerprint density at radius 1 is 0.977 bits per heavy atom. The largest absolute Gasteiger partial charge is 0.489 e. The van der Waals surface area contributed by atoms with Crippen LogP contribution in [0, 0.1) is 0 Å². The van der Waals surface area contributed by atoms with E-state index in [9.17, 15) is 19.2 Å². The first-order chi connectivity index (χ1) is 21.3. The van der Waals surface area contributed by atoms with Gasteiger partial charge in [-0.25, -0.2) is 0 Å². The van der Waals surface area contributed by atoms with Gasteiger partial charge >= 0.3 is 0 Å². The van der Waals surface area contributed by atoms with Crippen LogP contribution in [0.15, 0.2) is 48.5 Å². The quantitative estimate of drug-likeness (QED) is 0.435. The van der Waals surface area contributed by atoms with Crippen molar-refractivity contribution in [3.05, 3.63) is 70.9 Å². The maximum Gasteiger partial charge on any atom is 0.255 e. The monoisotopic (exact) mass is 595 g/mol. The van der Waals surface area contributed by atoms with E-state index in [2.05, 4.69) is 40.5 Å². The summed E-state index contributed by atoms with van der Waals surface area (Å²) >= 11 is 0. The number of hydrogen-bond acceptors (Lipinski definition) is 7. The minimum Gasteiger partial charge on any atom is -0.489 e. The third kappa shape index (κ3) is 5.66. The molecule has 0 saturated carbocycles. The molecular weight excluding hydrogens is 558 g/mol. The molecule has 10 heteroatoms. The van der Waals surface area contributed by atoms with Gasteiger partial charge in [-0.3, -0.25) is 34.4 Å². The van der Waals surface area contributed by atoms with E-state index in [0.717, 1.165) is 79.9 Å². The van der Waals surface area contributed by atoms with Crippen molar-refractivity contribution in [2.24, 2.45) is 0 Å². The molecule has 3 fully saturated rings. The van der Waals surface area contributed by atoms with Crippen LogP contribution in [0.3, 0.4) is 0 Å². The fourth-order valence-electron chi connectivity index (χ4n) is 7.12. The van der Waals surface area contributed by atoms with Crippen molar-refractivity contribution in [3.63, 3.8) is 0 Å². The fourth-order valence-corrected chi connectivity index (χ4v) is 7.12. The SMILES string of the molecule is CC(=O)N1CCC(c2ccc3cc(CN4CCC(Oc5ccc6c(c5)CN(C5CCC(=O)NC5=O)C6=O)C4)ccc3n2)CC1. The van der Waals surface area contributed by atoms with Gasteiger partial charge in [0.2, 0.25) is 17.7 Å². The molecule has 5 heterocycles. The average Bonchev–Trinajstić information content (AvgIpc) is 3.59. The molecule has 0 bridgehead atoms. The van der Waals surface area contributed by atoms with Crippen LogP contribution in [0.1, 0.15) is 72.1 Å². The molecule has 1 N–H and O–H groups in total. The van der Waals surface area contributed by atoms with Crippen molar-refractivity contribution >= 4 is 34.5 Å². The predicted molar refractivity (Wildman–Crippen MR) is 163 cm³/mol. The molecule has 2 atom stereocenters. The standard InChI is InChI=1S/C34H37N5O5/c1-21(40)38-14-10-23(11-15-38)29-7-3-24-16-22(2-6-30(24)35-29)18-37-13-12-27(20-37)44-26-4-5-28-25(17-26)19-39(34(28)43)31-8-9-32(41)36-33(31)42/h2-7,16-17,23,27,31H,8-15,18-20H2,1H3,(H,36,41,42). The van der Waals surface area contributed by atoms with Crippen LogP contribution in [0.5, 0.6) is 5.75 Å². The number of carbonyl (C=O) groups is 4. The molecule has 4 aliphatic rings. The molecule has 4 amide bonds. The number of likely N-dealkylation sites (tertiary alicyclic amines) is 2. The maximum absolute atomic E-state index is 13.0. The Morgan fingerprint density at radius 3 is 2.61 bits per heavy atom. The van der Waals surface area contributed by atoms with Crippen molar-refractivity contribution in [1.82, 2.24) is 25.0 Å². The molecule has 0 aliphatic carbocycles. The number of benzene rings is 2. The Hall–Kier alpha value is -4.31. The van der Waals surface area contributed by atoms with Crippen LogP contribution < -0.4 is 10.1 Å². The molecule has 4 aliphatic heterocycles. The minimum atomic E-state index is -0.620. The number of pyridine rings is 1. The number of imide groups is 1. The van der Waals surface area contributed by atoms with Crippen LogP contribution in [0.2, 0.25) is 0 Å². The van der Waals surface area contributed by atoms with Gasteiger partial charge in [-0.1, -0.05) is 12.1 Å². The topological polar surface area (TPSA) is 112 Å². The predicted octanol–water partition coefficient (Wildman–Crippen LogP) is 3.38. The van der Waals surface area contributed by atoms with Gasteiger partial charge in [-0.15, -0.1) is 0 Å². The lowest BCUT2D eigenvalue weighted by molar-refractivity contribution is -0.137. The number of hydrogen-bond donors (Lipinski definition) is 1. The van der Waals surface area contributed by atoms with Crippen LogP contribution in [0.25, 0.3) is 10.9 Å². The summed E-state index contributed by atoms with van der Waals surface area (Å²) in [7, 11) is 0. The Balaban J connectivity index is 0.941. The van der Waals surface area contributed by atoms with E-state index < -0.39 is 11.9 Å². The summed E-state index contributed by atoms with van der Waals surface area (Å²) in [6, 6.07) is 15.8. The van der Waals surface area contributed by atoms with Crippen molar-refractivity contribution < 1.29 is 23.9 Å². The second-order valence-corrected chi connectivity index (χ2v) is 12.5. The number of nitrogens with one attached hydrogen (secondary N) is 1. The van der Waals surface area contributed by atoms with E-state index in [1.165, 1.54) is 5.56 Å². The first kappa shape index (κ1) is 28.5. The van der Waals surface area contributed by atoms with E-state index in [-0.39, 0.29) is 30.2 Å². The Kier molecular flexibility index (Phi) is 7.53. The molecule has 0 spiro atoms. The maximum atomic E-state index is 13.0. The van der Waals surface area contributed by atoms with Crippen molar-refractivity contribution in [2.45, 2.75) is 70.2 Å². The van der Waals surface area contributed by atoms with Gasteiger partial charge in [0.05, 0.1) is 5.52 Å². The van der Waals surface area contributed by atoms with E-state index in [1.54, 1.807) is 17.9 Å². The molecule has 1 aromatic heterocycles. The van der Waals surface area contributed by atoms with Gasteiger partial charge < -0.3 is 14.5 Å². The molecule has 7 rings (SSSR count). The van der Waals surface area contributed by atoms with Gasteiger partial charge in [0.25, 0.3) is 5.91 Å². The van der Waals surface area contributed by atoms with Gasteiger partial charge in [-0.2, -0.15) is 0 Å². The zero-order valence-electron chi connectivity index (χ0n) is 25.0. The van der Waals surface area contributed by atoms with E-state index in [0.29, 0.717) is 24.4 Å². The minimum absolute atomic E-state index is 0.0514. The highest BCUT2D eigenvalue weighted by atomic mass is 16.5. The van der Waals surface area contributed by atoms with Gasteiger partial charge in [0, 0.05) is 75.2 Å². The third-order valence-corrected chi connectivity index (χ3v) is 9.57. The third-order valence-electron chi connectivity index (χ3n) is 9.57. The number of nitrogens with zero attached hydrogens (tertiary/aromatic N) is 4. The number of fused-ring (bicyclic) bond motifs is 2. The van der Waals surface area contributed by atoms with Crippen molar-refractivity contribution in [3.8, 4) is 5.75 Å². The van der Waals surface area contributed by atoms with E-state index >= 15 is 0 Å². The first-order valence-electron chi connectivity index (χ1n) is 15.6. The Bertz CT molecular complexity index is 1650. The number of aromatic nitrogens is 1. The zero-order valence-corrected chi connectivity index (χ0v) is 25.0. The number of amides is 4. The number of carbonyl (C=O) groups excluding carboxylic acids is 4. The van der Waals surface area contributed by atoms with Crippen LogP contribution >= 0.6 is 0 Å². The fraction of sp³-hybridized carbons (Fsp3) is 0.441. The molecule has 0 radical (unpaired) electrons. The highest BCUT2D eigenvalue weighted by molar-refractivity contribution is 6.05. The lowest BCUT2D eigenvalue weighted by atomic mass is 9.92. The molecule has 10 nitrogen and oxygen atoms in total. The summed E-state index contributed by atoms with van der Waals surface area (Å²) in [6.45, 7) is 6.16. The van der Waals surface area contributed by atoms with Crippen LogP contribution in [0.4, 0.5) is 0 Å².